The van der Waals surface area contributed by atoms with Crippen LogP contribution in [-0.2, 0) is 30.9 Å². The predicted molar refractivity (Wildman–Crippen MR) is 162 cm³/mol. The summed E-state index contributed by atoms with van der Waals surface area (Å²) in [7, 11) is 4.32. The molecule has 1 amide bonds. The molecule has 1 aromatic carbocycles. The van der Waals surface area contributed by atoms with Gasteiger partial charge in [0.05, 0.1) is 38.2 Å². The Kier molecular flexibility index (Phi) is 8.70. The van der Waals surface area contributed by atoms with Gasteiger partial charge in [0.25, 0.3) is 11.5 Å². The number of nitrogens with one attached hydrogen (secondary N) is 2. The summed E-state index contributed by atoms with van der Waals surface area (Å²) < 4.78 is 13.1. The third kappa shape index (κ3) is 5.68. The molecule has 4 atom stereocenters. The number of carbonyl (C=O) groups is 1. The smallest absolute Gasteiger partial charge is 0.330 e. The first kappa shape index (κ1) is 30.4. The lowest BCUT2D eigenvalue weighted by molar-refractivity contribution is 0.0896. The zero-order valence-corrected chi connectivity index (χ0v) is 25.1. The molecule has 0 spiro atoms. The van der Waals surface area contributed by atoms with E-state index >= 15 is 0 Å². The standard InChI is InChI=1S/C31H34ClN5O6/c1-18-20(21-8-5-6-10-23(21)32)9-7-13-31(18,35-27(39)22-15-36(2)30(41)37(3)29(22)40)26-12-11-19(28(34-26)42-4)14-33-24-16-43-17-25(24)38/h5-13,15,18,24-25,33,38H,14,16-17H2,1-4H3,(H,35,39)/t18?,24-,25+,31?/m1/s1. The van der Waals surface area contributed by atoms with Crippen LogP contribution in [0.2, 0.25) is 5.02 Å². The number of rotatable bonds is 8. The topological polar surface area (TPSA) is 137 Å². The number of hydrogen-bond donors (Lipinski definition) is 3. The van der Waals surface area contributed by atoms with Crippen molar-refractivity contribution in [1.82, 2.24) is 24.8 Å². The van der Waals surface area contributed by atoms with Crippen molar-refractivity contribution in [3.63, 3.8) is 0 Å². The Balaban J connectivity index is 1.58. The van der Waals surface area contributed by atoms with E-state index in [1.807, 2.05) is 49.4 Å². The number of hydrogen-bond acceptors (Lipinski definition) is 8. The summed E-state index contributed by atoms with van der Waals surface area (Å²) in [4.78, 5) is 44.0. The van der Waals surface area contributed by atoms with E-state index < -0.39 is 34.7 Å². The summed E-state index contributed by atoms with van der Waals surface area (Å²) in [6.07, 6.45) is 6.22. The number of amides is 1. The van der Waals surface area contributed by atoms with Crippen molar-refractivity contribution in [1.29, 1.82) is 0 Å². The first-order valence-corrected chi connectivity index (χ1v) is 14.2. The highest BCUT2D eigenvalue weighted by molar-refractivity contribution is 6.32. The van der Waals surface area contributed by atoms with Crippen molar-refractivity contribution >= 4 is 23.1 Å². The molecule has 12 heteroatoms. The van der Waals surface area contributed by atoms with E-state index in [4.69, 9.17) is 26.1 Å². The van der Waals surface area contributed by atoms with Crippen molar-refractivity contribution in [2.75, 3.05) is 20.3 Å². The zero-order valence-electron chi connectivity index (χ0n) is 24.3. The number of methoxy groups -OCH3 is 1. The molecular weight excluding hydrogens is 574 g/mol. The van der Waals surface area contributed by atoms with Crippen LogP contribution < -0.4 is 26.6 Å². The molecule has 3 aromatic rings. The highest BCUT2D eigenvalue weighted by atomic mass is 35.5. The van der Waals surface area contributed by atoms with Crippen LogP contribution >= 0.6 is 11.6 Å². The molecule has 2 unspecified atom stereocenters. The highest BCUT2D eigenvalue weighted by Crippen LogP contribution is 2.44. The Bertz CT molecular complexity index is 1730. The van der Waals surface area contributed by atoms with E-state index in [0.29, 0.717) is 29.7 Å². The normalized spacial score (nSPS) is 23.2. The Morgan fingerprint density at radius 1 is 1.21 bits per heavy atom. The number of allylic oxidation sites excluding steroid dienone is 2. The van der Waals surface area contributed by atoms with Gasteiger partial charge in [-0.2, -0.15) is 0 Å². The molecule has 1 aliphatic carbocycles. The molecule has 1 aliphatic heterocycles. The molecule has 3 heterocycles. The molecule has 43 heavy (non-hydrogen) atoms. The molecule has 2 aliphatic rings. The van der Waals surface area contributed by atoms with Crippen LogP contribution in [0.1, 0.15) is 34.1 Å². The van der Waals surface area contributed by atoms with Crippen molar-refractivity contribution in [2.45, 2.75) is 31.2 Å². The molecule has 226 valence electrons. The molecule has 11 nitrogen and oxygen atoms in total. The first-order valence-electron chi connectivity index (χ1n) is 13.8. The molecule has 5 rings (SSSR count). The van der Waals surface area contributed by atoms with E-state index in [-0.39, 0.29) is 18.2 Å². The fraction of sp³-hybridized carbons (Fsp3) is 0.355. The summed E-state index contributed by atoms with van der Waals surface area (Å²) in [6, 6.07) is 10.9. The fourth-order valence-electron chi connectivity index (χ4n) is 5.59. The van der Waals surface area contributed by atoms with Crippen molar-refractivity contribution < 1.29 is 19.4 Å². The lowest BCUT2D eigenvalue weighted by Crippen LogP contribution is -2.52. The van der Waals surface area contributed by atoms with Crippen LogP contribution in [0, 0.1) is 5.92 Å². The van der Waals surface area contributed by atoms with Gasteiger partial charge in [0, 0.05) is 43.3 Å². The van der Waals surface area contributed by atoms with E-state index in [9.17, 15) is 19.5 Å². The number of aliphatic hydroxyl groups excluding tert-OH is 1. The van der Waals surface area contributed by atoms with Gasteiger partial charge < -0.3 is 29.8 Å². The van der Waals surface area contributed by atoms with Gasteiger partial charge in [-0.3, -0.25) is 14.2 Å². The molecule has 0 bridgehead atoms. The molecule has 0 saturated carbocycles. The van der Waals surface area contributed by atoms with Gasteiger partial charge in [0.1, 0.15) is 11.1 Å². The van der Waals surface area contributed by atoms with Gasteiger partial charge in [-0.05, 0) is 23.3 Å². The maximum atomic E-state index is 13.9. The molecule has 1 fully saturated rings. The Labute approximate surface area is 253 Å². The van der Waals surface area contributed by atoms with Gasteiger partial charge in [0.2, 0.25) is 5.88 Å². The first-order chi connectivity index (χ1) is 20.6. The monoisotopic (exact) mass is 607 g/mol. The average molecular weight is 608 g/mol. The summed E-state index contributed by atoms with van der Waals surface area (Å²) in [6.45, 7) is 2.99. The minimum absolute atomic E-state index is 0.191. The lowest BCUT2D eigenvalue weighted by atomic mass is 9.72. The van der Waals surface area contributed by atoms with Crippen LogP contribution in [0.3, 0.4) is 0 Å². The van der Waals surface area contributed by atoms with Crippen LogP contribution in [0.4, 0.5) is 0 Å². The van der Waals surface area contributed by atoms with Crippen LogP contribution in [-0.4, -0.2) is 57.6 Å². The highest BCUT2D eigenvalue weighted by Gasteiger charge is 2.43. The van der Waals surface area contributed by atoms with Crippen LogP contribution in [0.5, 0.6) is 5.88 Å². The van der Waals surface area contributed by atoms with E-state index in [1.165, 1.54) is 32.0 Å². The SMILES string of the molecule is COc1nc(C2(NC(=O)c3cn(C)c(=O)n(C)c3=O)C=CC=C(c3ccccc3Cl)C2C)ccc1CN[C@@H]1COC[C@@H]1O. The maximum absolute atomic E-state index is 13.9. The van der Waals surface area contributed by atoms with Crippen LogP contribution in [0.15, 0.2) is 70.4 Å². The number of aliphatic hydroxyl groups is 1. The second kappa shape index (κ2) is 12.3. The molecule has 0 radical (unpaired) electrons. The minimum Gasteiger partial charge on any atom is -0.481 e. The summed E-state index contributed by atoms with van der Waals surface area (Å²) in [5.74, 6) is -0.751. The van der Waals surface area contributed by atoms with Gasteiger partial charge in [0.15, 0.2) is 0 Å². The van der Waals surface area contributed by atoms with Crippen molar-refractivity contribution in [2.24, 2.45) is 20.0 Å². The van der Waals surface area contributed by atoms with E-state index in [1.54, 1.807) is 12.1 Å². The maximum Gasteiger partial charge on any atom is 0.330 e. The summed E-state index contributed by atoms with van der Waals surface area (Å²) in [5.41, 5.74) is 0.166. The van der Waals surface area contributed by atoms with Gasteiger partial charge in [-0.15, -0.1) is 0 Å². The minimum atomic E-state index is -1.24. The number of halogens is 1. The number of aryl methyl sites for hydroxylation is 1. The quantitative estimate of drug-likeness (QED) is 0.353. The molecular formula is C31H34ClN5O6. The number of ether oxygens (including phenoxy) is 2. The van der Waals surface area contributed by atoms with Gasteiger partial charge in [-0.25, -0.2) is 9.78 Å². The number of benzene rings is 1. The third-order valence-corrected chi connectivity index (χ3v) is 8.47. The fourth-order valence-corrected chi connectivity index (χ4v) is 5.83. The second-order valence-electron chi connectivity index (χ2n) is 10.8. The summed E-state index contributed by atoms with van der Waals surface area (Å²) in [5, 5.41) is 17.0. The number of pyridine rings is 1. The van der Waals surface area contributed by atoms with Crippen molar-refractivity contribution in [3.05, 3.63) is 109 Å². The van der Waals surface area contributed by atoms with Crippen molar-refractivity contribution in [3.8, 4) is 5.88 Å². The van der Waals surface area contributed by atoms with E-state index in [2.05, 4.69) is 10.6 Å². The predicted octanol–water partition coefficient (Wildman–Crippen LogP) is 1.91. The van der Waals surface area contributed by atoms with Gasteiger partial charge >= 0.3 is 5.69 Å². The Morgan fingerprint density at radius 2 is 1.98 bits per heavy atom. The molecule has 2 aromatic heterocycles. The lowest BCUT2D eigenvalue weighted by Gasteiger charge is -2.40. The Morgan fingerprint density at radius 3 is 2.67 bits per heavy atom. The Hall–Kier alpha value is -4.03. The number of nitrogens with zero attached hydrogens (tertiary/aromatic N) is 3. The molecule has 3 N–H and O–H groups in total. The second-order valence-corrected chi connectivity index (χ2v) is 11.2. The zero-order chi connectivity index (χ0) is 30.9. The van der Waals surface area contributed by atoms with E-state index in [0.717, 1.165) is 21.3 Å². The summed E-state index contributed by atoms with van der Waals surface area (Å²) >= 11 is 6.60. The third-order valence-electron chi connectivity index (χ3n) is 8.14. The molecule has 1 saturated heterocycles. The van der Waals surface area contributed by atoms with Gasteiger partial charge in [-0.1, -0.05) is 61.0 Å². The average Bonchev–Trinajstić information content (AvgIpc) is 3.42. The number of carbonyl (C=O) groups excluding carboxylic acids is 1. The largest absolute Gasteiger partial charge is 0.481 e. The van der Waals surface area contributed by atoms with Crippen LogP contribution in [0.25, 0.3) is 5.57 Å². The number of aromatic nitrogens is 3.